The van der Waals surface area contributed by atoms with Crippen LogP contribution in [0.2, 0.25) is 5.02 Å². The van der Waals surface area contributed by atoms with Gasteiger partial charge in [0.15, 0.2) is 0 Å². The monoisotopic (exact) mass is 311 g/mol. The lowest BCUT2D eigenvalue weighted by molar-refractivity contribution is -0.138. The smallest absolute Gasteiger partial charge is 0.305 e. The van der Waals surface area contributed by atoms with Crippen LogP contribution in [0.15, 0.2) is 18.2 Å². The van der Waals surface area contributed by atoms with Crippen molar-refractivity contribution in [3.05, 3.63) is 28.8 Å². The Balaban J connectivity index is 2.20. The summed E-state index contributed by atoms with van der Waals surface area (Å²) in [6.07, 6.45) is 2.55. The second-order valence-electron chi connectivity index (χ2n) is 5.10. The topological polar surface area (TPSA) is 66.8 Å². The van der Waals surface area contributed by atoms with Gasteiger partial charge in [-0.15, -0.1) is 0 Å². The summed E-state index contributed by atoms with van der Waals surface area (Å²) < 4.78 is 5.06. The molecular weight excluding hydrogens is 294 g/mol. The molecule has 1 aliphatic rings. The maximum absolute atomic E-state index is 12.6. The van der Waals surface area contributed by atoms with Crippen LogP contribution in [-0.2, 0) is 4.79 Å². The Kier molecular flexibility index (Phi) is 5.07. The molecule has 1 heterocycles. The van der Waals surface area contributed by atoms with E-state index in [4.69, 9.17) is 21.4 Å². The number of carboxylic acids is 1. The van der Waals surface area contributed by atoms with Crippen molar-refractivity contribution >= 4 is 23.5 Å². The number of carboxylic acid groups (broad SMARTS) is 1. The zero-order valence-corrected chi connectivity index (χ0v) is 12.6. The van der Waals surface area contributed by atoms with Crippen LogP contribution in [0.1, 0.15) is 36.0 Å². The normalized spacial score (nSPS) is 18.4. The Bertz CT molecular complexity index is 546. The standard InChI is InChI=1S/C15H18ClNO4/c1-21-13-6-5-10(8-12(13)16)15(20)17-7-3-2-4-11(17)9-14(18)19/h5-6,8,11H,2-4,7,9H2,1H3,(H,18,19). The van der Waals surface area contributed by atoms with Gasteiger partial charge in [-0.3, -0.25) is 9.59 Å². The summed E-state index contributed by atoms with van der Waals surface area (Å²) in [7, 11) is 1.51. The molecule has 1 N–H and O–H groups in total. The largest absolute Gasteiger partial charge is 0.495 e. The van der Waals surface area contributed by atoms with E-state index in [1.165, 1.54) is 7.11 Å². The molecule has 1 aliphatic heterocycles. The first kappa shape index (κ1) is 15.6. The SMILES string of the molecule is COc1ccc(C(=O)N2CCCCC2CC(=O)O)cc1Cl. The van der Waals surface area contributed by atoms with E-state index in [1.807, 2.05) is 0 Å². The van der Waals surface area contributed by atoms with E-state index in [1.54, 1.807) is 23.1 Å². The molecule has 1 amide bonds. The van der Waals surface area contributed by atoms with Crippen molar-refractivity contribution in [2.75, 3.05) is 13.7 Å². The van der Waals surface area contributed by atoms with Gasteiger partial charge in [0.25, 0.3) is 5.91 Å². The second-order valence-corrected chi connectivity index (χ2v) is 5.50. The van der Waals surface area contributed by atoms with E-state index in [-0.39, 0.29) is 18.4 Å². The van der Waals surface area contributed by atoms with Gasteiger partial charge in [-0.05, 0) is 37.5 Å². The summed E-state index contributed by atoms with van der Waals surface area (Å²) >= 11 is 6.04. The Morgan fingerprint density at radius 1 is 1.43 bits per heavy atom. The van der Waals surface area contributed by atoms with Crippen LogP contribution < -0.4 is 4.74 Å². The molecule has 5 nitrogen and oxygen atoms in total. The lowest BCUT2D eigenvalue weighted by Gasteiger charge is -2.35. The average molecular weight is 312 g/mol. The molecule has 1 saturated heterocycles. The highest BCUT2D eigenvalue weighted by Gasteiger charge is 2.29. The number of carbonyl (C=O) groups is 2. The Morgan fingerprint density at radius 2 is 2.19 bits per heavy atom. The van der Waals surface area contributed by atoms with Gasteiger partial charge in [0.1, 0.15) is 5.75 Å². The molecule has 0 radical (unpaired) electrons. The summed E-state index contributed by atoms with van der Waals surface area (Å²) in [5.74, 6) is -0.549. The molecule has 1 fully saturated rings. The fourth-order valence-corrected chi connectivity index (χ4v) is 2.90. The van der Waals surface area contributed by atoms with E-state index in [0.717, 1.165) is 19.3 Å². The van der Waals surface area contributed by atoms with Crippen molar-refractivity contribution < 1.29 is 19.4 Å². The number of hydrogen-bond donors (Lipinski definition) is 1. The molecule has 0 aromatic heterocycles. The number of methoxy groups -OCH3 is 1. The first-order valence-electron chi connectivity index (χ1n) is 6.89. The van der Waals surface area contributed by atoms with Gasteiger partial charge in [0, 0.05) is 18.2 Å². The summed E-state index contributed by atoms with van der Waals surface area (Å²) in [5.41, 5.74) is 0.457. The summed E-state index contributed by atoms with van der Waals surface area (Å²) in [6.45, 7) is 0.584. The first-order chi connectivity index (χ1) is 10.0. The highest BCUT2D eigenvalue weighted by atomic mass is 35.5. The molecular formula is C15H18ClNO4. The second kappa shape index (κ2) is 6.80. The quantitative estimate of drug-likeness (QED) is 0.928. The molecule has 114 valence electrons. The molecule has 21 heavy (non-hydrogen) atoms. The summed E-state index contributed by atoms with van der Waals surface area (Å²) in [5, 5.41) is 9.34. The van der Waals surface area contributed by atoms with Gasteiger partial charge < -0.3 is 14.7 Å². The van der Waals surface area contributed by atoms with Crippen molar-refractivity contribution in [3.8, 4) is 5.75 Å². The molecule has 2 rings (SSSR count). The number of amides is 1. The van der Waals surface area contributed by atoms with Crippen LogP contribution in [0.4, 0.5) is 0 Å². The lowest BCUT2D eigenvalue weighted by atomic mass is 9.98. The molecule has 0 spiro atoms. The predicted molar refractivity (Wildman–Crippen MR) is 78.9 cm³/mol. The van der Waals surface area contributed by atoms with Crippen molar-refractivity contribution in [3.63, 3.8) is 0 Å². The number of rotatable bonds is 4. The van der Waals surface area contributed by atoms with Crippen molar-refractivity contribution in [2.24, 2.45) is 0 Å². The van der Waals surface area contributed by atoms with E-state index in [9.17, 15) is 9.59 Å². The molecule has 0 saturated carbocycles. The Labute approximate surface area is 128 Å². The van der Waals surface area contributed by atoms with Gasteiger partial charge in [-0.1, -0.05) is 11.6 Å². The zero-order valence-electron chi connectivity index (χ0n) is 11.8. The molecule has 1 aromatic carbocycles. The molecule has 1 aromatic rings. The van der Waals surface area contributed by atoms with Crippen molar-refractivity contribution in [1.29, 1.82) is 0 Å². The molecule has 0 aliphatic carbocycles. The van der Waals surface area contributed by atoms with Crippen molar-refractivity contribution in [1.82, 2.24) is 4.90 Å². The van der Waals surface area contributed by atoms with Gasteiger partial charge in [0.2, 0.25) is 0 Å². The fourth-order valence-electron chi connectivity index (χ4n) is 2.65. The van der Waals surface area contributed by atoms with Gasteiger partial charge in [-0.2, -0.15) is 0 Å². The van der Waals surface area contributed by atoms with Crippen LogP contribution in [0.25, 0.3) is 0 Å². The molecule has 0 bridgehead atoms. The number of piperidine rings is 1. The predicted octanol–water partition coefficient (Wildman–Crippen LogP) is 2.82. The Hall–Kier alpha value is -1.75. The highest BCUT2D eigenvalue weighted by molar-refractivity contribution is 6.32. The number of likely N-dealkylation sites (tertiary alicyclic amines) is 1. The first-order valence-corrected chi connectivity index (χ1v) is 7.27. The van der Waals surface area contributed by atoms with E-state index < -0.39 is 5.97 Å². The average Bonchev–Trinajstić information content (AvgIpc) is 2.46. The van der Waals surface area contributed by atoms with Crippen LogP contribution in [0, 0.1) is 0 Å². The minimum absolute atomic E-state index is 0.0182. The van der Waals surface area contributed by atoms with Crippen LogP contribution in [-0.4, -0.2) is 41.6 Å². The number of halogens is 1. The fraction of sp³-hybridized carbons (Fsp3) is 0.467. The number of carbonyl (C=O) groups excluding carboxylic acids is 1. The van der Waals surface area contributed by atoms with E-state index >= 15 is 0 Å². The molecule has 6 heteroatoms. The summed E-state index contributed by atoms with van der Waals surface area (Å²) in [4.78, 5) is 25.2. The minimum Gasteiger partial charge on any atom is -0.495 e. The third-order valence-corrected chi connectivity index (χ3v) is 3.99. The van der Waals surface area contributed by atoms with E-state index in [2.05, 4.69) is 0 Å². The number of benzene rings is 1. The number of aliphatic carboxylic acids is 1. The molecule has 1 atom stereocenters. The van der Waals surface area contributed by atoms with Gasteiger partial charge in [0.05, 0.1) is 18.6 Å². The maximum atomic E-state index is 12.6. The Morgan fingerprint density at radius 3 is 2.81 bits per heavy atom. The van der Waals surface area contributed by atoms with Gasteiger partial charge >= 0.3 is 5.97 Å². The van der Waals surface area contributed by atoms with Crippen molar-refractivity contribution in [2.45, 2.75) is 31.7 Å². The third kappa shape index (κ3) is 3.67. The van der Waals surface area contributed by atoms with Crippen LogP contribution in [0.5, 0.6) is 5.75 Å². The van der Waals surface area contributed by atoms with Crippen LogP contribution in [0.3, 0.4) is 0 Å². The van der Waals surface area contributed by atoms with Crippen LogP contribution >= 0.6 is 11.6 Å². The van der Waals surface area contributed by atoms with Gasteiger partial charge in [-0.25, -0.2) is 0 Å². The highest BCUT2D eigenvalue weighted by Crippen LogP contribution is 2.27. The third-order valence-electron chi connectivity index (χ3n) is 3.70. The number of ether oxygens (including phenoxy) is 1. The minimum atomic E-state index is -0.882. The van der Waals surface area contributed by atoms with E-state index in [0.29, 0.717) is 22.9 Å². The number of nitrogens with zero attached hydrogens (tertiary/aromatic N) is 1. The molecule has 1 unspecified atom stereocenters. The maximum Gasteiger partial charge on any atom is 0.305 e. The summed E-state index contributed by atoms with van der Waals surface area (Å²) in [6, 6.07) is 4.62. The lowest BCUT2D eigenvalue weighted by Crippen LogP contribution is -2.44. The zero-order chi connectivity index (χ0) is 15.4. The number of hydrogen-bond acceptors (Lipinski definition) is 3.